The zero-order valence-corrected chi connectivity index (χ0v) is 8.51. The van der Waals surface area contributed by atoms with Crippen molar-refractivity contribution in [2.24, 2.45) is 0 Å². The molecule has 0 saturated carbocycles. The zero-order valence-electron chi connectivity index (χ0n) is 8.51. The molecule has 5 heteroatoms. The molecule has 0 aromatic heterocycles. The van der Waals surface area contributed by atoms with Crippen molar-refractivity contribution in [3.63, 3.8) is 0 Å². The van der Waals surface area contributed by atoms with Crippen LogP contribution in [0.15, 0.2) is 30.3 Å². The minimum atomic E-state index is -1.30. The summed E-state index contributed by atoms with van der Waals surface area (Å²) < 4.78 is 4.91. The lowest BCUT2D eigenvalue weighted by molar-refractivity contribution is -0.133. The van der Waals surface area contributed by atoms with Crippen LogP contribution in [0.1, 0.15) is 5.56 Å². The molecule has 0 saturated heterocycles. The fourth-order valence-electron chi connectivity index (χ4n) is 1.16. The number of carboxylic acids is 2. The van der Waals surface area contributed by atoms with Gasteiger partial charge in [0.15, 0.2) is 0 Å². The Bertz CT molecular complexity index is 430. The third kappa shape index (κ3) is 2.84. The van der Waals surface area contributed by atoms with Gasteiger partial charge < -0.3 is 14.9 Å². The van der Waals surface area contributed by atoms with Gasteiger partial charge in [0, 0.05) is 6.08 Å². The molecule has 0 amide bonds. The van der Waals surface area contributed by atoms with E-state index in [-0.39, 0.29) is 5.57 Å². The summed E-state index contributed by atoms with van der Waals surface area (Å²) in [5.74, 6) is -2.01. The molecule has 1 aromatic carbocycles. The van der Waals surface area contributed by atoms with Gasteiger partial charge in [0.2, 0.25) is 0 Å². The largest absolute Gasteiger partial charge is 0.497 e. The molecule has 2 N–H and O–H groups in total. The topological polar surface area (TPSA) is 83.8 Å². The Morgan fingerprint density at radius 3 is 2.12 bits per heavy atom. The van der Waals surface area contributed by atoms with Crippen molar-refractivity contribution in [1.82, 2.24) is 0 Å². The van der Waals surface area contributed by atoms with Crippen molar-refractivity contribution in [2.75, 3.05) is 7.11 Å². The van der Waals surface area contributed by atoms with Crippen LogP contribution in [-0.4, -0.2) is 29.3 Å². The van der Waals surface area contributed by atoms with E-state index in [1.165, 1.54) is 19.2 Å². The van der Waals surface area contributed by atoms with Crippen LogP contribution in [0, 0.1) is 0 Å². The number of rotatable bonds is 4. The van der Waals surface area contributed by atoms with Gasteiger partial charge in [-0.05, 0) is 17.7 Å². The summed E-state index contributed by atoms with van der Waals surface area (Å²) in [6, 6.07) is 6.10. The minimum absolute atomic E-state index is 0.268. The van der Waals surface area contributed by atoms with Gasteiger partial charge in [-0.3, -0.25) is 0 Å². The molecule has 0 aliphatic heterocycles. The first-order chi connectivity index (χ1) is 7.54. The van der Waals surface area contributed by atoms with Crippen molar-refractivity contribution in [3.05, 3.63) is 35.9 Å². The highest BCUT2D eigenvalue weighted by atomic mass is 16.5. The van der Waals surface area contributed by atoms with E-state index < -0.39 is 11.9 Å². The van der Waals surface area contributed by atoms with Crippen molar-refractivity contribution < 1.29 is 24.5 Å². The van der Waals surface area contributed by atoms with Gasteiger partial charge >= 0.3 is 11.9 Å². The fraction of sp³-hybridized carbons (Fsp3) is 0.0909. The first-order valence-corrected chi connectivity index (χ1v) is 4.37. The number of carbonyl (C=O) groups is 2. The summed E-state index contributed by atoms with van der Waals surface area (Å²) >= 11 is 0. The smallest absolute Gasteiger partial charge is 0.336 e. The Kier molecular flexibility index (Phi) is 3.66. The van der Waals surface area contributed by atoms with Gasteiger partial charge in [-0.15, -0.1) is 0 Å². The highest BCUT2D eigenvalue weighted by Crippen LogP contribution is 2.18. The average Bonchev–Trinajstić information content (AvgIpc) is 2.25. The Labute approximate surface area is 91.6 Å². The molecule has 0 unspecified atom stereocenters. The first-order valence-electron chi connectivity index (χ1n) is 4.37. The second kappa shape index (κ2) is 4.97. The number of aliphatic carboxylic acids is 2. The molecule has 5 nitrogen and oxygen atoms in total. The van der Waals surface area contributed by atoms with Crippen LogP contribution in [-0.2, 0) is 9.59 Å². The van der Waals surface area contributed by atoms with E-state index in [1.807, 2.05) is 0 Å². The molecule has 1 rings (SSSR count). The molecule has 0 aliphatic rings. The average molecular weight is 222 g/mol. The molecule has 1 aromatic rings. The number of methoxy groups -OCH3 is 1. The molecule has 0 aliphatic carbocycles. The predicted molar refractivity (Wildman–Crippen MR) is 56.2 cm³/mol. The SMILES string of the molecule is COc1ccc(/C(=C/C(=O)O)C(=O)O)cc1. The molecule has 0 radical (unpaired) electrons. The van der Waals surface area contributed by atoms with Crippen LogP contribution in [0.25, 0.3) is 5.57 Å². The maximum atomic E-state index is 10.8. The van der Waals surface area contributed by atoms with Crippen molar-refractivity contribution in [1.29, 1.82) is 0 Å². The molecule has 0 heterocycles. The van der Waals surface area contributed by atoms with Crippen molar-refractivity contribution in [3.8, 4) is 5.75 Å². The molecular weight excluding hydrogens is 212 g/mol. The second-order valence-electron chi connectivity index (χ2n) is 2.93. The molecule has 0 bridgehead atoms. The van der Waals surface area contributed by atoms with Gasteiger partial charge in [0.1, 0.15) is 5.75 Å². The molecule has 16 heavy (non-hydrogen) atoms. The van der Waals surface area contributed by atoms with Crippen LogP contribution >= 0.6 is 0 Å². The lowest BCUT2D eigenvalue weighted by Crippen LogP contribution is -2.03. The predicted octanol–water partition coefficient (Wildman–Crippen LogP) is 1.25. The molecule has 0 fully saturated rings. The Hall–Kier alpha value is -2.30. The molecule has 0 atom stereocenters. The van der Waals surface area contributed by atoms with E-state index in [0.717, 1.165) is 0 Å². The monoisotopic (exact) mass is 222 g/mol. The Balaban J connectivity index is 3.12. The van der Waals surface area contributed by atoms with E-state index in [9.17, 15) is 9.59 Å². The first kappa shape index (κ1) is 11.8. The zero-order chi connectivity index (χ0) is 12.1. The van der Waals surface area contributed by atoms with E-state index >= 15 is 0 Å². The van der Waals surface area contributed by atoms with Crippen molar-refractivity contribution in [2.45, 2.75) is 0 Å². The summed E-state index contributed by atoms with van der Waals surface area (Å²) in [7, 11) is 1.49. The van der Waals surface area contributed by atoms with Crippen LogP contribution in [0.3, 0.4) is 0 Å². The number of carboxylic acid groups (broad SMARTS) is 2. The molecule has 84 valence electrons. The van der Waals surface area contributed by atoms with E-state index in [0.29, 0.717) is 17.4 Å². The third-order valence-electron chi connectivity index (χ3n) is 1.90. The summed E-state index contributed by atoms with van der Waals surface area (Å²) in [4.78, 5) is 21.3. The van der Waals surface area contributed by atoms with Crippen molar-refractivity contribution >= 4 is 17.5 Å². The Morgan fingerprint density at radius 2 is 1.75 bits per heavy atom. The van der Waals surface area contributed by atoms with Crippen LogP contribution in [0.2, 0.25) is 0 Å². The normalized spacial score (nSPS) is 10.9. The van der Waals surface area contributed by atoms with E-state index in [2.05, 4.69) is 0 Å². The lowest BCUT2D eigenvalue weighted by Gasteiger charge is -2.03. The summed E-state index contributed by atoms with van der Waals surface area (Å²) in [5.41, 5.74) is 0.0471. The van der Waals surface area contributed by atoms with E-state index in [4.69, 9.17) is 14.9 Å². The van der Waals surface area contributed by atoms with Gasteiger partial charge in [-0.2, -0.15) is 0 Å². The summed E-state index contributed by atoms with van der Waals surface area (Å²) in [6.07, 6.45) is 0.657. The van der Waals surface area contributed by atoms with Gasteiger partial charge in [0.05, 0.1) is 12.7 Å². The van der Waals surface area contributed by atoms with Gasteiger partial charge in [0.25, 0.3) is 0 Å². The lowest BCUT2D eigenvalue weighted by atomic mass is 10.1. The standard InChI is InChI=1S/C11H10O5/c1-16-8-4-2-7(3-5-8)9(11(14)15)6-10(12)13/h2-6H,1H3,(H,12,13)(H,14,15)/b9-6-. The molecular formula is C11H10O5. The number of hydrogen-bond donors (Lipinski definition) is 2. The second-order valence-corrected chi connectivity index (χ2v) is 2.93. The number of hydrogen-bond acceptors (Lipinski definition) is 3. The summed E-state index contributed by atoms with van der Waals surface area (Å²) in [5, 5.41) is 17.4. The van der Waals surface area contributed by atoms with Gasteiger partial charge in [-0.25, -0.2) is 9.59 Å². The van der Waals surface area contributed by atoms with Crippen LogP contribution < -0.4 is 4.74 Å². The van der Waals surface area contributed by atoms with Gasteiger partial charge in [-0.1, -0.05) is 12.1 Å². The highest BCUT2D eigenvalue weighted by Gasteiger charge is 2.12. The number of ether oxygens (including phenoxy) is 1. The maximum absolute atomic E-state index is 10.8. The minimum Gasteiger partial charge on any atom is -0.497 e. The molecule has 0 spiro atoms. The van der Waals surface area contributed by atoms with E-state index in [1.54, 1.807) is 12.1 Å². The highest BCUT2D eigenvalue weighted by molar-refractivity contribution is 6.19. The fourth-order valence-corrected chi connectivity index (χ4v) is 1.16. The quantitative estimate of drug-likeness (QED) is 0.749. The third-order valence-corrected chi connectivity index (χ3v) is 1.90. The Morgan fingerprint density at radius 1 is 1.19 bits per heavy atom. The maximum Gasteiger partial charge on any atom is 0.336 e. The van der Waals surface area contributed by atoms with Crippen LogP contribution in [0.4, 0.5) is 0 Å². The summed E-state index contributed by atoms with van der Waals surface area (Å²) in [6.45, 7) is 0. The van der Waals surface area contributed by atoms with Crippen LogP contribution in [0.5, 0.6) is 5.75 Å². The number of benzene rings is 1.